The second kappa shape index (κ2) is 7.70. The van der Waals surface area contributed by atoms with Gasteiger partial charge in [0.1, 0.15) is 5.76 Å². The Morgan fingerprint density at radius 1 is 1.17 bits per heavy atom. The quantitative estimate of drug-likeness (QED) is 0.905. The molecule has 1 aromatic rings. The number of morpholine rings is 1. The lowest BCUT2D eigenvalue weighted by Crippen LogP contribution is -2.49. The molecule has 24 heavy (non-hydrogen) atoms. The molecule has 0 spiro atoms. The zero-order valence-corrected chi connectivity index (χ0v) is 14.1. The predicted molar refractivity (Wildman–Crippen MR) is 87.4 cm³/mol. The third-order valence-corrected chi connectivity index (χ3v) is 4.85. The molecule has 2 aliphatic rings. The van der Waals surface area contributed by atoms with Crippen molar-refractivity contribution in [3.63, 3.8) is 0 Å². The van der Waals surface area contributed by atoms with Gasteiger partial charge in [0.05, 0.1) is 19.5 Å². The van der Waals surface area contributed by atoms with Crippen molar-refractivity contribution in [1.82, 2.24) is 15.1 Å². The molecule has 0 atom stereocenters. The molecule has 1 N–H and O–H groups in total. The number of ether oxygens (including phenoxy) is 1. The first-order chi connectivity index (χ1) is 11.6. The fraction of sp³-hybridized carbons (Fsp3) is 0.647. The Morgan fingerprint density at radius 2 is 1.88 bits per heavy atom. The number of amides is 3. The lowest BCUT2D eigenvalue weighted by molar-refractivity contribution is -0.141. The molecule has 1 aromatic heterocycles. The maximum Gasteiger partial charge on any atom is 0.317 e. The summed E-state index contributed by atoms with van der Waals surface area (Å²) in [6.07, 6.45) is 3.09. The van der Waals surface area contributed by atoms with Gasteiger partial charge in [0, 0.05) is 44.2 Å². The van der Waals surface area contributed by atoms with Crippen LogP contribution in [0.1, 0.15) is 24.2 Å². The third-order valence-electron chi connectivity index (χ3n) is 4.85. The second-order valence-corrected chi connectivity index (χ2v) is 6.36. The summed E-state index contributed by atoms with van der Waals surface area (Å²) in [5, 5.41) is 2.92. The molecule has 7 heteroatoms. The summed E-state index contributed by atoms with van der Waals surface area (Å²) in [4.78, 5) is 28.4. The minimum Gasteiger partial charge on any atom is -0.469 e. The van der Waals surface area contributed by atoms with E-state index < -0.39 is 0 Å². The van der Waals surface area contributed by atoms with Crippen molar-refractivity contribution in [3.8, 4) is 0 Å². The van der Waals surface area contributed by atoms with Gasteiger partial charge in [0.2, 0.25) is 5.91 Å². The van der Waals surface area contributed by atoms with E-state index in [1.165, 1.54) is 0 Å². The van der Waals surface area contributed by atoms with Crippen LogP contribution in [-0.4, -0.2) is 61.1 Å². The molecule has 2 saturated heterocycles. The highest BCUT2D eigenvalue weighted by Crippen LogP contribution is 2.20. The maximum atomic E-state index is 12.5. The van der Waals surface area contributed by atoms with Gasteiger partial charge in [0.15, 0.2) is 0 Å². The van der Waals surface area contributed by atoms with Gasteiger partial charge < -0.3 is 24.3 Å². The number of carbonyl (C=O) groups excluding carboxylic acids is 2. The highest BCUT2D eigenvalue weighted by molar-refractivity contribution is 5.80. The van der Waals surface area contributed by atoms with Crippen LogP contribution in [0.25, 0.3) is 0 Å². The van der Waals surface area contributed by atoms with Gasteiger partial charge in [-0.3, -0.25) is 4.79 Å². The van der Waals surface area contributed by atoms with Crippen LogP contribution in [-0.2, 0) is 16.1 Å². The number of piperidine rings is 1. The van der Waals surface area contributed by atoms with E-state index in [1.807, 2.05) is 17.9 Å². The number of urea groups is 1. The summed E-state index contributed by atoms with van der Waals surface area (Å²) in [6.45, 7) is 6.21. The summed E-state index contributed by atoms with van der Waals surface area (Å²) < 4.78 is 10.5. The standard InChI is InChI=1S/C17H25N3O4/c1-13-15(4-9-24-13)12-18-17(22)20-5-2-14(3-6-20)16(21)19-7-10-23-11-8-19/h4,9,14H,2-3,5-8,10-12H2,1H3,(H,18,22). The first-order valence-corrected chi connectivity index (χ1v) is 8.57. The van der Waals surface area contributed by atoms with Gasteiger partial charge in [-0.2, -0.15) is 0 Å². The summed E-state index contributed by atoms with van der Waals surface area (Å²) >= 11 is 0. The molecule has 0 radical (unpaired) electrons. The Balaban J connectivity index is 1.43. The number of likely N-dealkylation sites (tertiary alicyclic amines) is 1. The zero-order chi connectivity index (χ0) is 16.9. The number of aryl methyl sites for hydroxylation is 1. The lowest BCUT2D eigenvalue weighted by Gasteiger charge is -2.35. The average molecular weight is 335 g/mol. The normalized spacial score (nSPS) is 19.4. The monoisotopic (exact) mass is 335 g/mol. The van der Waals surface area contributed by atoms with Crippen LogP contribution < -0.4 is 5.32 Å². The fourth-order valence-electron chi connectivity index (χ4n) is 3.25. The van der Waals surface area contributed by atoms with Crippen LogP contribution >= 0.6 is 0 Å². The molecule has 132 valence electrons. The van der Waals surface area contributed by atoms with Gasteiger partial charge in [-0.05, 0) is 25.8 Å². The number of hydrogen-bond acceptors (Lipinski definition) is 4. The van der Waals surface area contributed by atoms with Gasteiger partial charge in [0.25, 0.3) is 0 Å². The van der Waals surface area contributed by atoms with Crippen LogP contribution in [0.3, 0.4) is 0 Å². The molecular weight excluding hydrogens is 310 g/mol. The lowest BCUT2D eigenvalue weighted by atomic mass is 9.95. The average Bonchev–Trinajstić information content (AvgIpc) is 3.05. The molecule has 7 nitrogen and oxygen atoms in total. The molecule has 3 heterocycles. The van der Waals surface area contributed by atoms with Gasteiger partial charge >= 0.3 is 6.03 Å². The number of nitrogens with one attached hydrogen (secondary N) is 1. The maximum absolute atomic E-state index is 12.5. The van der Waals surface area contributed by atoms with Crippen LogP contribution in [0, 0.1) is 12.8 Å². The summed E-state index contributed by atoms with van der Waals surface area (Å²) in [7, 11) is 0. The molecule has 0 aliphatic carbocycles. The van der Waals surface area contributed by atoms with E-state index in [1.54, 1.807) is 11.2 Å². The SMILES string of the molecule is Cc1occc1CNC(=O)N1CCC(C(=O)N2CCOCC2)CC1. The summed E-state index contributed by atoms with van der Waals surface area (Å²) in [5.41, 5.74) is 0.987. The van der Waals surface area contributed by atoms with Crippen LogP contribution in [0.15, 0.2) is 16.7 Å². The highest BCUT2D eigenvalue weighted by atomic mass is 16.5. The van der Waals surface area contributed by atoms with E-state index >= 15 is 0 Å². The molecule has 3 amide bonds. The van der Waals surface area contributed by atoms with E-state index in [4.69, 9.17) is 9.15 Å². The zero-order valence-electron chi connectivity index (χ0n) is 14.1. The minimum absolute atomic E-state index is 0.0308. The first kappa shape index (κ1) is 16.8. The van der Waals surface area contributed by atoms with Crippen molar-refractivity contribution < 1.29 is 18.7 Å². The van der Waals surface area contributed by atoms with Crippen molar-refractivity contribution in [2.45, 2.75) is 26.3 Å². The van der Waals surface area contributed by atoms with Crippen molar-refractivity contribution in [2.24, 2.45) is 5.92 Å². The molecule has 2 aliphatic heterocycles. The first-order valence-electron chi connectivity index (χ1n) is 8.57. The van der Waals surface area contributed by atoms with Crippen molar-refractivity contribution in [3.05, 3.63) is 23.7 Å². The van der Waals surface area contributed by atoms with Gasteiger partial charge in [-0.15, -0.1) is 0 Å². The Morgan fingerprint density at radius 3 is 2.50 bits per heavy atom. The van der Waals surface area contributed by atoms with Crippen molar-refractivity contribution in [2.75, 3.05) is 39.4 Å². The van der Waals surface area contributed by atoms with Crippen LogP contribution in [0.2, 0.25) is 0 Å². The number of furan rings is 1. The Labute approximate surface area is 141 Å². The number of carbonyl (C=O) groups is 2. The fourth-order valence-corrected chi connectivity index (χ4v) is 3.25. The van der Waals surface area contributed by atoms with Crippen LogP contribution in [0.5, 0.6) is 0 Å². The predicted octanol–water partition coefficient (Wildman–Crippen LogP) is 1.37. The topological polar surface area (TPSA) is 75.0 Å². The van der Waals surface area contributed by atoms with E-state index in [0.29, 0.717) is 45.9 Å². The van der Waals surface area contributed by atoms with E-state index in [0.717, 1.165) is 24.2 Å². The van der Waals surface area contributed by atoms with Crippen molar-refractivity contribution >= 4 is 11.9 Å². The highest BCUT2D eigenvalue weighted by Gasteiger charge is 2.30. The molecular formula is C17H25N3O4. The molecule has 0 unspecified atom stereocenters. The second-order valence-electron chi connectivity index (χ2n) is 6.36. The van der Waals surface area contributed by atoms with E-state index in [9.17, 15) is 9.59 Å². The summed E-state index contributed by atoms with van der Waals surface area (Å²) in [5.74, 6) is 1.07. The Kier molecular flexibility index (Phi) is 5.40. The number of rotatable bonds is 3. The number of nitrogens with zero attached hydrogens (tertiary/aromatic N) is 2. The molecule has 0 saturated carbocycles. The molecule has 2 fully saturated rings. The Bertz CT molecular complexity index is 572. The largest absolute Gasteiger partial charge is 0.469 e. The van der Waals surface area contributed by atoms with Gasteiger partial charge in [-0.25, -0.2) is 4.79 Å². The van der Waals surface area contributed by atoms with E-state index in [2.05, 4.69) is 5.32 Å². The molecule has 0 bridgehead atoms. The number of hydrogen-bond donors (Lipinski definition) is 1. The van der Waals surface area contributed by atoms with E-state index in [-0.39, 0.29) is 17.9 Å². The smallest absolute Gasteiger partial charge is 0.317 e. The van der Waals surface area contributed by atoms with Crippen molar-refractivity contribution in [1.29, 1.82) is 0 Å². The van der Waals surface area contributed by atoms with Gasteiger partial charge in [-0.1, -0.05) is 0 Å². The molecule has 3 rings (SSSR count). The minimum atomic E-state index is -0.0760. The summed E-state index contributed by atoms with van der Waals surface area (Å²) in [6, 6.07) is 1.79. The van der Waals surface area contributed by atoms with Crippen LogP contribution in [0.4, 0.5) is 4.79 Å². The molecule has 0 aromatic carbocycles. The third kappa shape index (κ3) is 3.90. The Hall–Kier alpha value is -2.02.